The molecule has 1 fully saturated rings. The van der Waals surface area contributed by atoms with Crippen LogP contribution in [-0.4, -0.2) is 99.1 Å². The van der Waals surface area contributed by atoms with Crippen LogP contribution in [0.2, 0.25) is 0 Å². The average molecular weight is 1050 g/mol. The molecule has 13 nitrogen and oxygen atoms in total. The van der Waals surface area contributed by atoms with Crippen molar-refractivity contribution >= 4 is 51.9 Å². The number of hydrogen-bond donors (Lipinski definition) is 2. The van der Waals surface area contributed by atoms with Crippen LogP contribution in [0.15, 0.2) is 133 Å². The highest BCUT2D eigenvalue weighted by molar-refractivity contribution is 14.1. The van der Waals surface area contributed by atoms with E-state index in [2.05, 4.69) is 27.9 Å². The number of esters is 1. The molecule has 364 valence electrons. The molecule has 1 saturated heterocycles. The van der Waals surface area contributed by atoms with E-state index in [4.69, 9.17) is 29.4 Å². The molecule has 2 amide bonds. The van der Waals surface area contributed by atoms with Crippen molar-refractivity contribution < 1.29 is 47.7 Å². The zero-order valence-corrected chi connectivity index (χ0v) is 41.6. The van der Waals surface area contributed by atoms with Gasteiger partial charge in [-0.15, -0.1) is 0 Å². The first-order valence-electron chi connectivity index (χ1n) is 23.4. The summed E-state index contributed by atoms with van der Waals surface area (Å²) in [6.45, 7) is 2.32. The third-order valence-electron chi connectivity index (χ3n) is 12.2. The molecule has 0 saturated carbocycles. The molecule has 4 atom stereocenters. The van der Waals surface area contributed by atoms with Crippen molar-refractivity contribution in [3.8, 4) is 11.5 Å². The van der Waals surface area contributed by atoms with Crippen LogP contribution in [0.1, 0.15) is 73.3 Å². The molecule has 0 bridgehead atoms. The summed E-state index contributed by atoms with van der Waals surface area (Å²) < 4.78 is 30.7. The van der Waals surface area contributed by atoms with Gasteiger partial charge in [-0.3, -0.25) is 24.0 Å². The maximum absolute atomic E-state index is 14.7. The van der Waals surface area contributed by atoms with Crippen LogP contribution >= 0.6 is 22.6 Å². The molecule has 0 aromatic heterocycles. The van der Waals surface area contributed by atoms with Crippen molar-refractivity contribution in [1.29, 1.82) is 0 Å². The number of hydrogen-bond acceptors (Lipinski definition) is 11. The maximum Gasteiger partial charge on any atom is 0.306 e. The van der Waals surface area contributed by atoms with Crippen molar-refractivity contribution in [2.75, 3.05) is 40.6 Å². The van der Waals surface area contributed by atoms with Crippen LogP contribution in [0.5, 0.6) is 11.5 Å². The predicted molar refractivity (Wildman–Crippen MR) is 271 cm³/mol. The number of carbonyl (C=O) groups excluding carboxylic acids is 5. The number of halogens is 1. The van der Waals surface area contributed by atoms with Crippen molar-refractivity contribution in [3.63, 3.8) is 0 Å². The average Bonchev–Trinajstić information content (AvgIpc) is 3.80. The maximum atomic E-state index is 14.7. The van der Waals surface area contributed by atoms with Crippen molar-refractivity contribution in [2.24, 2.45) is 5.73 Å². The van der Waals surface area contributed by atoms with Crippen molar-refractivity contribution in [3.05, 3.63) is 165 Å². The summed E-state index contributed by atoms with van der Waals surface area (Å²) in [4.78, 5) is 69.0. The number of likely N-dealkylation sites (tertiary alicyclic amines) is 1. The van der Waals surface area contributed by atoms with Gasteiger partial charge in [-0.25, -0.2) is 0 Å². The lowest BCUT2D eigenvalue weighted by Crippen LogP contribution is -2.55. The molecular weight excluding hydrogens is 990 g/mol. The Labute approximate surface area is 418 Å². The van der Waals surface area contributed by atoms with E-state index in [1.165, 1.54) is 4.90 Å². The predicted octanol–water partition coefficient (Wildman–Crippen LogP) is 7.55. The zero-order chi connectivity index (χ0) is 49.2. The second-order valence-corrected chi connectivity index (χ2v) is 18.2. The molecule has 1 aliphatic rings. The van der Waals surface area contributed by atoms with E-state index in [1.807, 2.05) is 133 Å². The number of rotatable bonds is 26. The van der Waals surface area contributed by atoms with E-state index in [0.717, 1.165) is 31.4 Å². The molecule has 69 heavy (non-hydrogen) atoms. The normalized spacial score (nSPS) is 15.5. The van der Waals surface area contributed by atoms with E-state index in [0.29, 0.717) is 24.3 Å². The van der Waals surface area contributed by atoms with E-state index >= 15 is 0 Å². The number of benzene rings is 5. The highest BCUT2D eigenvalue weighted by Gasteiger charge is 2.43. The molecule has 6 rings (SSSR count). The van der Waals surface area contributed by atoms with Crippen LogP contribution in [0.3, 0.4) is 0 Å². The topological polar surface area (TPSA) is 173 Å². The molecule has 5 aromatic rings. The van der Waals surface area contributed by atoms with E-state index in [-0.39, 0.29) is 76.5 Å². The Kier molecular flexibility index (Phi) is 19.9. The van der Waals surface area contributed by atoms with Crippen molar-refractivity contribution in [1.82, 2.24) is 10.2 Å². The Balaban J connectivity index is 1.14. The first-order chi connectivity index (χ1) is 33.4. The molecule has 0 radical (unpaired) electrons. The number of nitrogens with zero attached hydrogens (tertiary/aromatic N) is 1. The Bertz CT molecular complexity index is 2410. The summed E-state index contributed by atoms with van der Waals surface area (Å²) in [6, 6.07) is 39.5. The number of nitrogens with one attached hydrogen (secondary N) is 1. The number of methoxy groups -OCH3 is 2. The second-order valence-electron chi connectivity index (χ2n) is 17.0. The third kappa shape index (κ3) is 14.5. The number of Topliss-reactive ketones (excluding diaryl/α,β-unsaturated/α-hetero) is 2. The summed E-state index contributed by atoms with van der Waals surface area (Å²) in [5.41, 5.74) is 9.73. The minimum Gasteiger partial charge on any atom is -0.497 e. The van der Waals surface area contributed by atoms with Gasteiger partial charge in [0, 0.05) is 42.3 Å². The minimum atomic E-state index is -1.08. The van der Waals surface area contributed by atoms with Crippen LogP contribution in [0, 0.1) is 3.57 Å². The van der Waals surface area contributed by atoms with Gasteiger partial charge >= 0.3 is 5.97 Å². The number of amides is 2. The Morgan fingerprint density at radius 2 is 1.33 bits per heavy atom. The molecule has 3 N–H and O–H groups in total. The Morgan fingerprint density at radius 3 is 1.94 bits per heavy atom. The Hall–Kier alpha value is -5.94. The molecule has 0 spiro atoms. The summed E-state index contributed by atoms with van der Waals surface area (Å²) in [7, 11) is 3.25. The minimum absolute atomic E-state index is 0.0432. The smallest absolute Gasteiger partial charge is 0.306 e. The van der Waals surface area contributed by atoms with Crippen molar-refractivity contribution in [2.45, 2.75) is 88.1 Å². The van der Waals surface area contributed by atoms with Gasteiger partial charge in [0.25, 0.3) is 0 Å². The molecule has 14 heteroatoms. The highest BCUT2D eigenvalue weighted by Crippen LogP contribution is 2.41. The fourth-order valence-corrected chi connectivity index (χ4v) is 9.19. The standard InChI is InChI=1S/C55H62IN3O10/c1-4-44(60)24-29-52(62)69-47-36-50(59(37-47)54(64)49(35-39-15-11-18-43(56)33-39)58-53(63)48(57)34-38-13-7-5-8-14-38)51(61)19-12-30-67-31-32-68-55(40-16-9-6-10-17-40,41-20-25-45(65-2)26-21-41)42-22-27-46(66-3)28-23-42/h5-11,13-18,20-23,25-28,33,47-50H,4,12,19,24,29-32,34-37,57H2,1-3H3,(H,58,63)/t47-,48+,49+,50+/m1/s1. The monoisotopic (exact) mass is 1050 g/mol. The molecular formula is C55H62IN3O10. The van der Waals surface area contributed by atoms with Gasteiger partial charge in [0.15, 0.2) is 5.78 Å². The van der Waals surface area contributed by atoms with Crippen LogP contribution in [-0.2, 0) is 56.6 Å². The summed E-state index contributed by atoms with van der Waals surface area (Å²) in [6.07, 6.45) is 0.332. The van der Waals surface area contributed by atoms with Gasteiger partial charge in [-0.2, -0.15) is 0 Å². The summed E-state index contributed by atoms with van der Waals surface area (Å²) in [5.74, 6) is -0.457. The van der Waals surface area contributed by atoms with Crippen LogP contribution in [0.4, 0.5) is 0 Å². The first-order valence-corrected chi connectivity index (χ1v) is 24.5. The zero-order valence-electron chi connectivity index (χ0n) is 39.5. The van der Waals surface area contributed by atoms with Gasteiger partial charge in [0.05, 0.1) is 52.5 Å². The number of nitrogens with two attached hydrogens (primary N) is 1. The third-order valence-corrected chi connectivity index (χ3v) is 12.9. The van der Waals surface area contributed by atoms with Crippen LogP contribution in [0.25, 0.3) is 0 Å². The van der Waals surface area contributed by atoms with E-state index < -0.39 is 47.6 Å². The van der Waals surface area contributed by atoms with Gasteiger partial charge in [0.1, 0.15) is 35.0 Å². The molecule has 0 unspecified atom stereocenters. The lowest BCUT2D eigenvalue weighted by molar-refractivity contribution is -0.150. The van der Waals surface area contributed by atoms with Gasteiger partial charge < -0.3 is 39.6 Å². The molecule has 5 aromatic carbocycles. The number of ether oxygens (including phenoxy) is 5. The van der Waals surface area contributed by atoms with E-state index in [1.54, 1.807) is 21.1 Å². The summed E-state index contributed by atoms with van der Waals surface area (Å²) in [5, 5.41) is 2.90. The lowest BCUT2D eigenvalue weighted by atomic mass is 9.80. The molecule has 1 heterocycles. The molecule has 0 aliphatic carbocycles. The fourth-order valence-electron chi connectivity index (χ4n) is 8.58. The highest BCUT2D eigenvalue weighted by atomic mass is 127. The fraction of sp³-hybridized carbons (Fsp3) is 0.364. The Morgan fingerprint density at radius 1 is 0.725 bits per heavy atom. The quantitative estimate of drug-likeness (QED) is 0.0243. The van der Waals surface area contributed by atoms with Gasteiger partial charge in [-0.1, -0.05) is 104 Å². The van der Waals surface area contributed by atoms with Gasteiger partial charge in [-0.05, 0) is 99.6 Å². The van der Waals surface area contributed by atoms with E-state index in [9.17, 15) is 24.0 Å². The molecule has 1 aliphatic heterocycles. The largest absolute Gasteiger partial charge is 0.497 e. The number of ketones is 2. The second kappa shape index (κ2) is 26.2. The summed E-state index contributed by atoms with van der Waals surface area (Å²) >= 11 is 2.19. The van der Waals surface area contributed by atoms with Crippen LogP contribution < -0.4 is 20.5 Å². The van der Waals surface area contributed by atoms with Gasteiger partial charge in [0.2, 0.25) is 11.8 Å². The first kappa shape index (κ1) is 52.4. The SMILES string of the molecule is CCC(=O)CCC(=O)O[C@@H]1C[C@@H](C(=O)CCCOCCOC(c2ccccc2)(c2ccc(OC)cc2)c2ccc(OC)cc2)N(C(=O)[C@H](Cc2cccc(I)c2)NC(=O)[C@@H](N)Cc2ccccc2)C1. The lowest BCUT2D eigenvalue weighted by Gasteiger charge is -2.36. The number of carbonyl (C=O) groups is 5.